The molecule has 1 fully saturated rings. The fraction of sp³-hybridized carbons (Fsp3) is 0.556. The number of ether oxygens (including phenoxy) is 2. The van der Waals surface area contributed by atoms with E-state index in [2.05, 4.69) is 5.32 Å². The van der Waals surface area contributed by atoms with Crippen molar-refractivity contribution in [2.24, 2.45) is 0 Å². The summed E-state index contributed by atoms with van der Waals surface area (Å²) in [6.45, 7) is 2.11. The van der Waals surface area contributed by atoms with Gasteiger partial charge in [-0.25, -0.2) is 4.79 Å². The van der Waals surface area contributed by atoms with Crippen LogP contribution in [0.2, 0.25) is 0 Å². The molecule has 0 spiro atoms. The van der Waals surface area contributed by atoms with Crippen LogP contribution in [-0.2, 0) is 32.0 Å². The summed E-state index contributed by atoms with van der Waals surface area (Å²) in [6.07, 6.45) is 2.80. The molecular weight excluding hydrogens is 308 g/mol. The first-order chi connectivity index (χ1) is 11.7. The van der Waals surface area contributed by atoms with Crippen molar-refractivity contribution in [3.8, 4) is 0 Å². The summed E-state index contributed by atoms with van der Waals surface area (Å²) in [4.78, 5) is 26.4. The highest BCUT2D eigenvalue weighted by atomic mass is 16.5. The van der Waals surface area contributed by atoms with Gasteiger partial charge in [0.1, 0.15) is 6.04 Å². The number of hydrogen-bond acceptors (Lipinski definition) is 5. The van der Waals surface area contributed by atoms with E-state index in [0.29, 0.717) is 19.5 Å². The summed E-state index contributed by atoms with van der Waals surface area (Å²) < 4.78 is 10.4. The molecule has 0 bridgehead atoms. The van der Waals surface area contributed by atoms with E-state index >= 15 is 0 Å². The Morgan fingerprint density at radius 3 is 2.83 bits per heavy atom. The Balaban J connectivity index is 1.64. The van der Waals surface area contributed by atoms with Crippen LogP contribution in [0.5, 0.6) is 0 Å². The van der Waals surface area contributed by atoms with Gasteiger partial charge in [0.05, 0.1) is 19.8 Å². The van der Waals surface area contributed by atoms with Crippen molar-refractivity contribution in [2.75, 3.05) is 26.8 Å². The van der Waals surface area contributed by atoms with Crippen LogP contribution in [0.3, 0.4) is 0 Å². The molecule has 0 saturated carbocycles. The van der Waals surface area contributed by atoms with E-state index < -0.39 is 6.04 Å². The minimum atomic E-state index is -0.554. The number of carbonyl (C=O) groups is 2. The van der Waals surface area contributed by atoms with E-state index in [4.69, 9.17) is 9.47 Å². The lowest BCUT2D eigenvalue weighted by Gasteiger charge is -2.35. The van der Waals surface area contributed by atoms with Crippen LogP contribution in [-0.4, -0.2) is 55.7 Å². The van der Waals surface area contributed by atoms with Crippen LogP contribution in [0.15, 0.2) is 24.3 Å². The molecule has 1 N–H and O–H groups in total. The lowest BCUT2D eigenvalue weighted by Crippen LogP contribution is -2.51. The SMILES string of the molecule is COC(=O)C1Cc2ccccc2CN1C(=O)CNCC1CCCO1. The third-order valence-corrected chi connectivity index (χ3v) is 4.71. The summed E-state index contributed by atoms with van der Waals surface area (Å²) in [7, 11) is 1.36. The smallest absolute Gasteiger partial charge is 0.328 e. The zero-order valence-electron chi connectivity index (χ0n) is 14.0. The molecule has 0 radical (unpaired) electrons. The summed E-state index contributed by atoms with van der Waals surface area (Å²) in [5.41, 5.74) is 2.19. The Morgan fingerprint density at radius 2 is 2.12 bits per heavy atom. The second-order valence-electron chi connectivity index (χ2n) is 6.30. The van der Waals surface area contributed by atoms with Crippen LogP contribution in [0.1, 0.15) is 24.0 Å². The van der Waals surface area contributed by atoms with Crippen molar-refractivity contribution in [3.05, 3.63) is 35.4 Å². The maximum atomic E-state index is 12.6. The Kier molecular flexibility index (Phi) is 5.48. The highest BCUT2D eigenvalue weighted by Crippen LogP contribution is 2.24. The van der Waals surface area contributed by atoms with Gasteiger partial charge in [0.15, 0.2) is 0 Å². The standard InChI is InChI=1S/C18H24N2O4/c1-23-18(22)16-9-13-5-2-3-6-14(13)12-20(16)17(21)11-19-10-15-7-4-8-24-15/h2-3,5-6,15-16,19H,4,7-12H2,1H3. The van der Waals surface area contributed by atoms with Crippen LogP contribution < -0.4 is 5.32 Å². The summed E-state index contributed by atoms with van der Waals surface area (Å²) >= 11 is 0. The van der Waals surface area contributed by atoms with E-state index in [1.807, 2.05) is 24.3 Å². The largest absolute Gasteiger partial charge is 0.467 e. The number of hydrogen-bond donors (Lipinski definition) is 1. The van der Waals surface area contributed by atoms with Crippen molar-refractivity contribution >= 4 is 11.9 Å². The van der Waals surface area contributed by atoms with Gasteiger partial charge in [-0.1, -0.05) is 24.3 Å². The van der Waals surface area contributed by atoms with Gasteiger partial charge in [-0.05, 0) is 24.0 Å². The quantitative estimate of drug-likeness (QED) is 0.811. The maximum Gasteiger partial charge on any atom is 0.328 e. The number of esters is 1. The fourth-order valence-electron chi connectivity index (χ4n) is 3.38. The van der Waals surface area contributed by atoms with E-state index in [-0.39, 0.29) is 24.5 Å². The second-order valence-corrected chi connectivity index (χ2v) is 6.30. The van der Waals surface area contributed by atoms with Gasteiger partial charge in [0.25, 0.3) is 0 Å². The van der Waals surface area contributed by atoms with Crippen LogP contribution >= 0.6 is 0 Å². The van der Waals surface area contributed by atoms with Crippen molar-refractivity contribution in [1.29, 1.82) is 0 Å². The van der Waals surface area contributed by atoms with Crippen molar-refractivity contribution in [1.82, 2.24) is 10.2 Å². The molecule has 3 rings (SSSR count). The molecule has 130 valence electrons. The normalized spacial score (nSPS) is 23.0. The third kappa shape index (κ3) is 3.76. The molecule has 0 aromatic heterocycles. The minimum Gasteiger partial charge on any atom is -0.467 e. The zero-order chi connectivity index (χ0) is 16.9. The Labute approximate surface area is 142 Å². The number of nitrogens with zero attached hydrogens (tertiary/aromatic N) is 1. The maximum absolute atomic E-state index is 12.6. The molecular formula is C18H24N2O4. The van der Waals surface area contributed by atoms with Crippen LogP contribution in [0.4, 0.5) is 0 Å². The number of rotatable bonds is 5. The highest BCUT2D eigenvalue weighted by Gasteiger charge is 2.35. The van der Waals surface area contributed by atoms with Gasteiger partial charge in [-0.3, -0.25) is 4.79 Å². The molecule has 2 unspecified atom stereocenters. The Morgan fingerprint density at radius 1 is 1.33 bits per heavy atom. The molecule has 0 aliphatic carbocycles. The summed E-state index contributed by atoms with van der Waals surface area (Å²) in [5, 5.41) is 3.16. The third-order valence-electron chi connectivity index (χ3n) is 4.71. The molecule has 6 heteroatoms. The molecule has 6 nitrogen and oxygen atoms in total. The van der Waals surface area contributed by atoms with Crippen LogP contribution in [0.25, 0.3) is 0 Å². The topological polar surface area (TPSA) is 67.9 Å². The summed E-state index contributed by atoms with van der Waals surface area (Å²) in [6, 6.07) is 7.36. The molecule has 1 aromatic carbocycles. The predicted octanol–water partition coefficient (Wildman–Crippen LogP) is 0.881. The first-order valence-corrected chi connectivity index (χ1v) is 8.45. The first-order valence-electron chi connectivity index (χ1n) is 8.45. The molecule has 1 amide bonds. The molecule has 1 saturated heterocycles. The van der Waals surface area contributed by atoms with Gasteiger partial charge in [0, 0.05) is 26.1 Å². The van der Waals surface area contributed by atoms with E-state index in [1.165, 1.54) is 7.11 Å². The van der Waals surface area contributed by atoms with Gasteiger partial charge in [-0.2, -0.15) is 0 Å². The number of amides is 1. The van der Waals surface area contributed by atoms with Crippen molar-refractivity contribution in [3.63, 3.8) is 0 Å². The average Bonchev–Trinajstić information content (AvgIpc) is 3.13. The Bertz CT molecular complexity index is 598. The van der Waals surface area contributed by atoms with Crippen molar-refractivity contribution < 1.29 is 19.1 Å². The number of benzene rings is 1. The Hall–Kier alpha value is -1.92. The molecule has 2 aliphatic rings. The van der Waals surface area contributed by atoms with Gasteiger partial charge >= 0.3 is 5.97 Å². The fourth-order valence-corrected chi connectivity index (χ4v) is 3.38. The number of fused-ring (bicyclic) bond motifs is 1. The average molecular weight is 332 g/mol. The first kappa shape index (κ1) is 16.9. The van der Waals surface area contributed by atoms with E-state index in [1.54, 1.807) is 4.90 Å². The molecule has 2 aliphatic heterocycles. The number of methoxy groups -OCH3 is 1. The number of nitrogens with one attached hydrogen (secondary N) is 1. The second kappa shape index (κ2) is 7.77. The van der Waals surface area contributed by atoms with Crippen molar-refractivity contribution in [2.45, 2.75) is 38.0 Å². The zero-order valence-corrected chi connectivity index (χ0v) is 14.0. The molecule has 2 atom stereocenters. The lowest BCUT2D eigenvalue weighted by molar-refractivity contribution is -0.153. The molecule has 1 aromatic rings. The van der Waals surface area contributed by atoms with E-state index in [0.717, 1.165) is 30.6 Å². The van der Waals surface area contributed by atoms with Crippen LogP contribution in [0, 0.1) is 0 Å². The monoisotopic (exact) mass is 332 g/mol. The summed E-state index contributed by atoms with van der Waals surface area (Å²) in [5.74, 6) is -0.449. The van der Waals surface area contributed by atoms with Gasteiger partial charge in [0.2, 0.25) is 5.91 Å². The van der Waals surface area contributed by atoms with Gasteiger partial charge < -0.3 is 19.7 Å². The highest BCUT2D eigenvalue weighted by molar-refractivity contribution is 5.86. The van der Waals surface area contributed by atoms with E-state index in [9.17, 15) is 9.59 Å². The minimum absolute atomic E-state index is 0.0853. The lowest BCUT2D eigenvalue weighted by atomic mass is 9.94. The number of carbonyl (C=O) groups excluding carboxylic acids is 2. The predicted molar refractivity (Wildman–Crippen MR) is 88.3 cm³/mol. The molecule has 2 heterocycles. The molecule has 24 heavy (non-hydrogen) atoms. The van der Waals surface area contributed by atoms with Gasteiger partial charge in [-0.15, -0.1) is 0 Å².